The van der Waals surface area contributed by atoms with Gasteiger partial charge in [0.15, 0.2) is 9.84 Å². The molecule has 0 aliphatic carbocycles. The summed E-state index contributed by atoms with van der Waals surface area (Å²) in [6, 6.07) is 5.34. The molecule has 1 saturated heterocycles. The van der Waals surface area contributed by atoms with E-state index in [1.54, 1.807) is 30.8 Å². The maximum absolute atomic E-state index is 12.4. The number of nitrogens with one attached hydrogen (secondary N) is 1. The van der Waals surface area contributed by atoms with E-state index in [4.69, 9.17) is 4.74 Å². The van der Waals surface area contributed by atoms with Crippen LogP contribution in [0.25, 0.3) is 0 Å². The van der Waals surface area contributed by atoms with E-state index in [0.717, 1.165) is 4.90 Å². The van der Waals surface area contributed by atoms with Crippen molar-refractivity contribution in [3.05, 3.63) is 23.8 Å². The van der Waals surface area contributed by atoms with Crippen molar-refractivity contribution in [2.75, 3.05) is 24.9 Å². The minimum Gasteiger partial charge on any atom is -0.496 e. The molecule has 1 aromatic carbocycles. The zero-order valence-corrected chi connectivity index (χ0v) is 13.9. The molecule has 7 heteroatoms. The lowest BCUT2D eigenvalue weighted by molar-refractivity contribution is 0.0912. The van der Waals surface area contributed by atoms with Crippen LogP contribution in [0.3, 0.4) is 0 Å². The van der Waals surface area contributed by atoms with Crippen molar-refractivity contribution in [2.24, 2.45) is 0 Å². The van der Waals surface area contributed by atoms with Crippen LogP contribution >= 0.6 is 11.8 Å². The molecule has 0 unspecified atom stereocenters. The molecule has 1 fully saturated rings. The number of carbonyl (C=O) groups excluding carboxylic acids is 1. The van der Waals surface area contributed by atoms with Gasteiger partial charge in [-0.05, 0) is 37.8 Å². The Labute approximate surface area is 129 Å². The standard InChI is InChI=1S/C14H19NO4S2/c1-14(6-7-21(17,18)9-14)15-13(16)11-5-4-10(20-3)8-12(11)19-2/h4-5,8H,6-7,9H2,1-3H3,(H,15,16)/t14-/m1/s1. The van der Waals surface area contributed by atoms with Crippen molar-refractivity contribution in [2.45, 2.75) is 23.8 Å². The highest BCUT2D eigenvalue weighted by molar-refractivity contribution is 7.98. The molecule has 2 rings (SSSR count). The number of amides is 1. The summed E-state index contributed by atoms with van der Waals surface area (Å²) in [5, 5.41) is 2.83. The van der Waals surface area contributed by atoms with Crippen LogP contribution in [0.5, 0.6) is 5.75 Å². The summed E-state index contributed by atoms with van der Waals surface area (Å²) in [6.07, 6.45) is 2.38. The summed E-state index contributed by atoms with van der Waals surface area (Å²) in [7, 11) is -1.55. The summed E-state index contributed by atoms with van der Waals surface area (Å²) >= 11 is 1.56. The Morgan fingerprint density at radius 2 is 2.14 bits per heavy atom. The molecule has 1 N–H and O–H groups in total. The number of carbonyl (C=O) groups is 1. The Kier molecular flexibility index (Phi) is 4.53. The Balaban J connectivity index is 2.21. The van der Waals surface area contributed by atoms with Crippen LogP contribution in [-0.2, 0) is 9.84 Å². The van der Waals surface area contributed by atoms with Gasteiger partial charge < -0.3 is 10.1 Å². The van der Waals surface area contributed by atoms with Gasteiger partial charge in [-0.1, -0.05) is 0 Å². The van der Waals surface area contributed by atoms with Crippen LogP contribution in [0.15, 0.2) is 23.1 Å². The van der Waals surface area contributed by atoms with Crippen LogP contribution in [0, 0.1) is 0 Å². The van der Waals surface area contributed by atoms with Gasteiger partial charge in [0.2, 0.25) is 0 Å². The number of methoxy groups -OCH3 is 1. The van der Waals surface area contributed by atoms with Gasteiger partial charge >= 0.3 is 0 Å². The number of ether oxygens (including phenoxy) is 1. The van der Waals surface area contributed by atoms with Gasteiger partial charge in [-0.3, -0.25) is 4.79 Å². The zero-order chi connectivity index (χ0) is 15.7. The molecule has 0 bridgehead atoms. The summed E-state index contributed by atoms with van der Waals surface area (Å²) < 4.78 is 28.4. The Bertz CT molecular complexity index is 657. The summed E-state index contributed by atoms with van der Waals surface area (Å²) in [5.74, 6) is 0.284. The second-order valence-corrected chi connectivity index (χ2v) is 8.49. The van der Waals surface area contributed by atoms with Crippen molar-refractivity contribution < 1.29 is 17.9 Å². The fourth-order valence-electron chi connectivity index (χ4n) is 2.44. The maximum atomic E-state index is 12.4. The highest BCUT2D eigenvalue weighted by Crippen LogP contribution is 2.27. The molecular formula is C14H19NO4S2. The van der Waals surface area contributed by atoms with Crippen molar-refractivity contribution in [1.29, 1.82) is 0 Å². The molecule has 0 radical (unpaired) electrons. The smallest absolute Gasteiger partial charge is 0.255 e. The minimum absolute atomic E-state index is 0.0169. The molecule has 5 nitrogen and oxygen atoms in total. The molecule has 116 valence electrons. The van der Waals surface area contributed by atoms with E-state index in [-0.39, 0.29) is 17.4 Å². The Hall–Kier alpha value is -1.21. The minimum atomic E-state index is -3.06. The van der Waals surface area contributed by atoms with Gasteiger partial charge in [-0.2, -0.15) is 0 Å². The molecule has 1 aliphatic rings. The molecule has 1 amide bonds. The lowest BCUT2D eigenvalue weighted by atomic mass is 10.0. The quantitative estimate of drug-likeness (QED) is 0.852. The van der Waals surface area contributed by atoms with E-state index in [0.29, 0.717) is 17.7 Å². The number of thioether (sulfide) groups is 1. The van der Waals surface area contributed by atoms with E-state index in [9.17, 15) is 13.2 Å². The summed E-state index contributed by atoms with van der Waals surface area (Å²) in [6.45, 7) is 1.76. The third-order valence-electron chi connectivity index (χ3n) is 3.57. The lowest BCUT2D eigenvalue weighted by Crippen LogP contribution is -2.47. The number of hydrogen-bond donors (Lipinski definition) is 1. The first kappa shape index (κ1) is 16.2. The normalized spacial score (nSPS) is 23.8. The van der Waals surface area contributed by atoms with Crippen LogP contribution in [0.4, 0.5) is 0 Å². The van der Waals surface area contributed by atoms with Crippen LogP contribution in [0.2, 0.25) is 0 Å². The fourth-order valence-corrected chi connectivity index (χ4v) is 4.96. The monoisotopic (exact) mass is 329 g/mol. The van der Waals surface area contributed by atoms with E-state index in [2.05, 4.69) is 5.32 Å². The molecular weight excluding hydrogens is 310 g/mol. The predicted octanol–water partition coefficient (Wildman–Crippen LogP) is 1.72. The first-order valence-electron chi connectivity index (χ1n) is 6.53. The van der Waals surface area contributed by atoms with Crippen LogP contribution < -0.4 is 10.1 Å². The van der Waals surface area contributed by atoms with Crippen LogP contribution in [-0.4, -0.2) is 44.7 Å². The molecule has 1 atom stereocenters. The third-order valence-corrected chi connectivity index (χ3v) is 6.20. The first-order chi connectivity index (χ1) is 9.78. The fraction of sp³-hybridized carbons (Fsp3) is 0.500. The van der Waals surface area contributed by atoms with Gasteiger partial charge in [0, 0.05) is 4.90 Å². The van der Waals surface area contributed by atoms with Crippen molar-refractivity contribution in [3.8, 4) is 5.75 Å². The highest BCUT2D eigenvalue weighted by Gasteiger charge is 2.39. The summed E-state index contributed by atoms with van der Waals surface area (Å²) in [4.78, 5) is 13.4. The number of benzene rings is 1. The van der Waals surface area contributed by atoms with Crippen molar-refractivity contribution in [3.63, 3.8) is 0 Å². The van der Waals surface area contributed by atoms with E-state index < -0.39 is 15.4 Å². The third kappa shape index (κ3) is 3.71. The lowest BCUT2D eigenvalue weighted by Gasteiger charge is -2.24. The molecule has 1 heterocycles. The zero-order valence-electron chi connectivity index (χ0n) is 12.3. The molecule has 1 aromatic rings. The van der Waals surface area contributed by atoms with Gasteiger partial charge in [0.25, 0.3) is 5.91 Å². The first-order valence-corrected chi connectivity index (χ1v) is 9.58. The predicted molar refractivity (Wildman–Crippen MR) is 83.9 cm³/mol. The van der Waals surface area contributed by atoms with Gasteiger partial charge in [0.05, 0.1) is 29.7 Å². The van der Waals surface area contributed by atoms with E-state index >= 15 is 0 Å². The molecule has 0 spiro atoms. The highest BCUT2D eigenvalue weighted by atomic mass is 32.2. The van der Waals surface area contributed by atoms with E-state index in [1.165, 1.54) is 7.11 Å². The maximum Gasteiger partial charge on any atom is 0.255 e. The Morgan fingerprint density at radius 1 is 1.43 bits per heavy atom. The molecule has 0 saturated carbocycles. The number of rotatable bonds is 4. The van der Waals surface area contributed by atoms with E-state index in [1.807, 2.05) is 12.3 Å². The topological polar surface area (TPSA) is 72.5 Å². The van der Waals surface area contributed by atoms with Gasteiger partial charge in [-0.15, -0.1) is 11.8 Å². The SMILES string of the molecule is COc1cc(SC)ccc1C(=O)N[C@]1(C)CCS(=O)(=O)C1. The average Bonchev–Trinajstić information content (AvgIpc) is 2.71. The molecule has 21 heavy (non-hydrogen) atoms. The number of sulfone groups is 1. The second kappa shape index (κ2) is 5.88. The van der Waals surface area contributed by atoms with Crippen LogP contribution in [0.1, 0.15) is 23.7 Å². The largest absolute Gasteiger partial charge is 0.496 e. The average molecular weight is 329 g/mol. The second-order valence-electron chi connectivity index (χ2n) is 5.42. The van der Waals surface area contributed by atoms with Crippen molar-refractivity contribution in [1.82, 2.24) is 5.32 Å². The molecule has 0 aromatic heterocycles. The molecule has 1 aliphatic heterocycles. The van der Waals surface area contributed by atoms with Crippen molar-refractivity contribution >= 4 is 27.5 Å². The Morgan fingerprint density at radius 3 is 2.67 bits per heavy atom. The summed E-state index contributed by atoms with van der Waals surface area (Å²) in [5.41, 5.74) is -0.292. The number of hydrogen-bond acceptors (Lipinski definition) is 5. The van der Waals surface area contributed by atoms with Gasteiger partial charge in [-0.25, -0.2) is 8.42 Å². The van der Waals surface area contributed by atoms with Gasteiger partial charge in [0.1, 0.15) is 5.75 Å².